The summed E-state index contributed by atoms with van der Waals surface area (Å²) >= 11 is 19.5. The molecule has 0 aliphatic rings. The van der Waals surface area contributed by atoms with E-state index >= 15 is 0 Å². The lowest BCUT2D eigenvalue weighted by atomic mass is 10.1. The van der Waals surface area contributed by atoms with Crippen molar-refractivity contribution in [1.82, 2.24) is 10.2 Å². The van der Waals surface area contributed by atoms with E-state index in [-0.39, 0.29) is 29.9 Å². The Balaban J connectivity index is 2.17. The second-order valence-electron chi connectivity index (χ2n) is 7.53. The molecule has 2 amide bonds. The maximum Gasteiger partial charge on any atom is 0.242 e. The molecule has 2 rings (SSSR count). The summed E-state index contributed by atoms with van der Waals surface area (Å²) in [5.74, 6) is -0.503. The number of unbranched alkanes of at least 4 members (excludes halogenated alkanes) is 1. The van der Waals surface area contributed by atoms with Crippen molar-refractivity contribution in [3.63, 3.8) is 0 Å². The molecule has 0 saturated carbocycles. The first-order valence-electron chi connectivity index (χ1n) is 10.8. The number of nitrogens with one attached hydrogen (secondary N) is 1. The van der Waals surface area contributed by atoms with E-state index in [1.807, 2.05) is 13.8 Å². The zero-order valence-electron chi connectivity index (χ0n) is 18.7. The van der Waals surface area contributed by atoms with Gasteiger partial charge in [0.15, 0.2) is 0 Å². The third kappa shape index (κ3) is 8.36. The standard InChI is InChI=1S/C24H28Cl3FN2O2S/c1-3-5-11-29-24(32)22(4-2)30(13-16-9-10-19(26)20(27)12-16)23(31)15-33-14-17-18(25)7-6-8-21(17)28/h6-10,12,22H,3-5,11,13-15H2,1-2H3,(H,29,32)/t22-/m0/s1. The van der Waals surface area contributed by atoms with Gasteiger partial charge in [-0.1, -0.05) is 67.2 Å². The molecule has 0 radical (unpaired) electrons. The minimum Gasteiger partial charge on any atom is -0.354 e. The molecule has 0 fully saturated rings. The van der Waals surface area contributed by atoms with Crippen LogP contribution in [0, 0.1) is 5.82 Å². The van der Waals surface area contributed by atoms with Crippen molar-refractivity contribution in [3.8, 4) is 0 Å². The van der Waals surface area contributed by atoms with E-state index in [1.54, 1.807) is 35.2 Å². The normalized spacial score (nSPS) is 11.8. The SMILES string of the molecule is CCCCNC(=O)[C@H](CC)N(Cc1ccc(Cl)c(Cl)c1)C(=O)CSCc1c(F)cccc1Cl. The summed E-state index contributed by atoms with van der Waals surface area (Å²) in [5, 5.41) is 4.04. The molecule has 0 bridgehead atoms. The molecule has 0 heterocycles. The van der Waals surface area contributed by atoms with Crippen LogP contribution >= 0.6 is 46.6 Å². The quantitative estimate of drug-likeness (QED) is 0.307. The Morgan fingerprint density at radius 2 is 1.85 bits per heavy atom. The minimum absolute atomic E-state index is 0.0741. The molecule has 0 aromatic heterocycles. The first-order valence-corrected chi connectivity index (χ1v) is 13.1. The molecule has 180 valence electrons. The molecular weight excluding hydrogens is 506 g/mol. The number of hydrogen-bond acceptors (Lipinski definition) is 3. The van der Waals surface area contributed by atoms with Gasteiger partial charge in [0, 0.05) is 29.4 Å². The Hall–Kier alpha value is -1.47. The number of halogens is 4. The van der Waals surface area contributed by atoms with Crippen LogP contribution in [0.25, 0.3) is 0 Å². The Labute approximate surface area is 214 Å². The van der Waals surface area contributed by atoms with Gasteiger partial charge in [0.1, 0.15) is 11.9 Å². The molecule has 2 aromatic rings. The highest BCUT2D eigenvalue weighted by Crippen LogP contribution is 2.26. The summed E-state index contributed by atoms with van der Waals surface area (Å²) in [4.78, 5) is 27.7. The fourth-order valence-corrected chi connectivity index (χ4v) is 4.82. The van der Waals surface area contributed by atoms with E-state index in [9.17, 15) is 14.0 Å². The van der Waals surface area contributed by atoms with Crippen LogP contribution in [-0.2, 0) is 21.9 Å². The smallest absolute Gasteiger partial charge is 0.242 e. The van der Waals surface area contributed by atoms with Gasteiger partial charge in [0.25, 0.3) is 0 Å². The van der Waals surface area contributed by atoms with Crippen molar-refractivity contribution in [1.29, 1.82) is 0 Å². The fourth-order valence-electron chi connectivity index (χ4n) is 3.25. The molecule has 1 N–H and O–H groups in total. The third-order valence-corrected chi connectivity index (χ3v) is 7.12. The van der Waals surface area contributed by atoms with Crippen LogP contribution < -0.4 is 5.32 Å². The van der Waals surface area contributed by atoms with Crippen molar-refractivity contribution >= 4 is 58.4 Å². The average Bonchev–Trinajstić information content (AvgIpc) is 2.78. The lowest BCUT2D eigenvalue weighted by Crippen LogP contribution is -2.49. The van der Waals surface area contributed by atoms with Gasteiger partial charge >= 0.3 is 0 Å². The van der Waals surface area contributed by atoms with E-state index < -0.39 is 11.9 Å². The van der Waals surface area contributed by atoms with Gasteiger partial charge in [-0.05, 0) is 42.7 Å². The van der Waals surface area contributed by atoms with Crippen LogP contribution in [0.2, 0.25) is 15.1 Å². The number of benzene rings is 2. The van der Waals surface area contributed by atoms with Crippen LogP contribution in [0.3, 0.4) is 0 Å². The van der Waals surface area contributed by atoms with Crippen molar-refractivity contribution < 1.29 is 14.0 Å². The van der Waals surface area contributed by atoms with Crippen LogP contribution in [0.1, 0.15) is 44.2 Å². The highest BCUT2D eigenvalue weighted by Gasteiger charge is 2.28. The number of rotatable bonds is 12. The molecule has 33 heavy (non-hydrogen) atoms. The van der Waals surface area contributed by atoms with Crippen LogP contribution in [0.4, 0.5) is 4.39 Å². The topological polar surface area (TPSA) is 49.4 Å². The number of nitrogens with zero attached hydrogens (tertiary/aromatic N) is 1. The minimum atomic E-state index is -0.638. The van der Waals surface area contributed by atoms with E-state index in [0.717, 1.165) is 18.4 Å². The molecule has 0 aliphatic heterocycles. The van der Waals surface area contributed by atoms with Crippen LogP contribution in [0.5, 0.6) is 0 Å². The van der Waals surface area contributed by atoms with E-state index in [0.29, 0.717) is 33.6 Å². The van der Waals surface area contributed by atoms with Crippen LogP contribution in [0.15, 0.2) is 36.4 Å². The van der Waals surface area contributed by atoms with Gasteiger partial charge in [0.05, 0.1) is 15.8 Å². The molecular formula is C24H28Cl3FN2O2S. The monoisotopic (exact) mass is 532 g/mol. The van der Waals surface area contributed by atoms with Crippen molar-refractivity contribution in [3.05, 3.63) is 68.4 Å². The molecule has 9 heteroatoms. The number of hydrogen-bond donors (Lipinski definition) is 1. The van der Waals surface area contributed by atoms with E-state index in [4.69, 9.17) is 34.8 Å². The number of thioether (sulfide) groups is 1. The summed E-state index contributed by atoms with van der Waals surface area (Å²) in [7, 11) is 0. The first kappa shape index (κ1) is 27.8. The first-order chi connectivity index (χ1) is 15.8. The summed E-state index contributed by atoms with van der Waals surface area (Å²) in [6.45, 7) is 4.67. The Bertz CT molecular complexity index is 941. The van der Waals surface area contributed by atoms with Gasteiger partial charge in [-0.15, -0.1) is 11.8 Å². The number of carbonyl (C=O) groups is 2. The highest BCUT2D eigenvalue weighted by atomic mass is 35.5. The summed E-state index contributed by atoms with van der Waals surface area (Å²) in [5.41, 5.74) is 1.12. The van der Waals surface area contributed by atoms with Crippen molar-refractivity contribution in [2.24, 2.45) is 0 Å². The van der Waals surface area contributed by atoms with Gasteiger partial charge in [-0.2, -0.15) is 0 Å². The maximum atomic E-state index is 14.1. The average molecular weight is 534 g/mol. The van der Waals surface area contributed by atoms with E-state index in [1.165, 1.54) is 17.8 Å². The molecule has 0 unspecified atom stereocenters. The lowest BCUT2D eigenvalue weighted by Gasteiger charge is -2.30. The predicted molar refractivity (Wildman–Crippen MR) is 137 cm³/mol. The largest absolute Gasteiger partial charge is 0.354 e. The van der Waals surface area contributed by atoms with Crippen LogP contribution in [-0.4, -0.2) is 35.1 Å². The number of amides is 2. The molecule has 1 atom stereocenters. The Kier molecular flexibility index (Phi) is 11.8. The predicted octanol–water partition coefficient (Wildman–Crippen LogP) is 6.74. The lowest BCUT2D eigenvalue weighted by molar-refractivity contribution is -0.139. The fraction of sp³-hybridized carbons (Fsp3) is 0.417. The molecule has 4 nitrogen and oxygen atoms in total. The summed E-state index contributed by atoms with van der Waals surface area (Å²) in [6.07, 6.45) is 2.27. The molecule has 0 aliphatic carbocycles. The van der Waals surface area contributed by atoms with Gasteiger partial charge in [-0.3, -0.25) is 9.59 Å². The second kappa shape index (κ2) is 14.1. The van der Waals surface area contributed by atoms with Crippen molar-refractivity contribution in [2.45, 2.75) is 51.4 Å². The molecule has 0 saturated heterocycles. The van der Waals surface area contributed by atoms with Gasteiger partial charge < -0.3 is 10.2 Å². The van der Waals surface area contributed by atoms with E-state index in [2.05, 4.69) is 5.32 Å². The highest BCUT2D eigenvalue weighted by molar-refractivity contribution is 7.99. The summed E-state index contributed by atoms with van der Waals surface area (Å²) < 4.78 is 14.1. The second-order valence-corrected chi connectivity index (χ2v) is 9.74. The Morgan fingerprint density at radius 1 is 1.09 bits per heavy atom. The molecule has 2 aromatic carbocycles. The molecule has 0 spiro atoms. The third-order valence-electron chi connectivity index (χ3n) is 5.09. The Morgan fingerprint density at radius 3 is 2.48 bits per heavy atom. The van der Waals surface area contributed by atoms with Gasteiger partial charge in [-0.25, -0.2) is 4.39 Å². The van der Waals surface area contributed by atoms with Gasteiger partial charge in [0.2, 0.25) is 11.8 Å². The maximum absolute atomic E-state index is 14.1. The number of carbonyl (C=O) groups excluding carboxylic acids is 2. The zero-order valence-corrected chi connectivity index (χ0v) is 21.8. The van der Waals surface area contributed by atoms with Crippen molar-refractivity contribution in [2.75, 3.05) is 12.3 Å². The zero-order chi connectivity index (χ0) is 24.4. The summed E-state index contributed by atoms with van der Waals surface area (Å²) in [6, 6.07) is 9.00.